The van der Waals surface area contributed by atoms with Gasteiger partial charge in [0.05, 0.1) is 16.9 Å². The number of H-pyrrole nitrogens is 2. The monoisotopic (exact) mass is 350 g/mol. The van der Waals surface area contributed by atoms with Gasteiger partial charge in [0, 0.05) is 12.7 Å². The normalized spacial score (nSPS) is 19.1. The van der Waals surface area contributed by atoms with Gasteiger partial charge in [-0.2, -0.15) is 5.10 Å². The lowest BCUT2D eigenvalue weighted by Gasteiger charge is -2.09. The van der Waals surface area contributed by atoms with Gasteiger partial charge in [0.25, 0.3) is 0 Å². The lowest BCUT2D eigenvalue weighted by atomic mass is 10.2. The van der Waals surface area contributed by atoms with Gasteiger partial charge in [-0.15, -0.1) is 0 Å². The Labute approximate surface area is 147 Å². The van der Waals surface area contributed by atoms with E-state index in [4.69, 9.17) is 0 Å². The summed E-state index contributed by atoms with van der Waals surface area (Å²) in [5, 5.41) is 10.1. The first-order valence-electron chi connectivity index (χ1n) is 7.93. The van der Waals surface area contributed by atoms with E-state index in [-0.39, 0.29) is 5.52 Å². The minimum atomic E-state index is -0.495. The number of rotatable bonds is 2. The summed E-state index contributed by atoms with van der Waals surface area (Å²) >= 11 is 0. The molecular weight excluding hydrogens is 335 g/mol. The number of aliphatic imine (C=N–C) groups is 1. The van der Waals surface area contributed by atoms with Gasteiger partial charge in [-0.3, -0.25) is 9.67 Å². The summed E-state index contributed by atoms with van der Waals surface area (Å²) in [5.74, 6) is -0.0370. The fourth-order valence-electron chi connectivity index (χ4n) is 2.79. The van der Waals surface area contributed by atoms with Gasteiger partial charge >= 0.3 is 5.69 Å². The Hall–Kier alpha value is -3.68. The second-order valence-electron chi connectivity index (χ2n) is 5.64. The number of hydrogen-bond acceptors (Lipinski definition) is 4. The number of para-hydroxylation sites is 1. The molecular formula is C18H15FN6O. The van der Waals surface area contributed by atoms with Crippen molar-refractivity contribution in [1.82, 2.24) is 25.1 Å². The van der Waals surface area contributed by atoms with Crippen molar-refractivity contribution >= 4 is 16.9 Å². The average molecular weight is 350 g/mol. The molecule has 4 rings (SSSR count). The highest BCUT2D eigenvalue weighted by Gasteiger charge is 2.19. The summed E-state index contributed by atoms with van der Waals surface area (Å²) in [5.41, 5.74) is 1.52. The quantitative estimate of drug-likeness (QED) is 0.661. The maximum Gasteiger partial charge on any atom is 0.331 e. The standard InChI is InChI=1S/C18H15FN6O/c1-11-6-3-2-4-9-20-17(22-11)16-14(10-21-24-16)25-13-8-5-7-12(19)15(13)23-18(25)26/h2-8,10H,1,9H2,(H,20,22)(H,21,24)(H,23,26)/b4-2-,6-3-. The van der Waals surface area contributed by atoms with Gasteiger partial charge in [-0.05, 0) is 18.2 Å². The maximum atomic E-state index is 14.0. The molecule has 26 heavy (non-hydrogen) atoms. The van der Waals surface area contributed by atoms with Crippen molar-refractivity contribution in [1.29, 1.82) is 0 Å². The average Bonchev–Trinajstić information content (AvgIpc) is 3.22. The summed E-state index contributed by atoms with van der Waals surface area (Å²) < 4.78 is 15.4. The molecule has 0 spiro atoms. The number of amidine groups is 1. The molecule has 0 aliphatic carbocycles. The molecule has 0 bridgehead atoms. The number of aromatic amines is 2. The van der Waals surface area contributed by atoms with Crippen LogP contribution in [0.15, 0.2) is 70.8 Å². The lowest BCUT2D eigenvalue weighted by molar-refractivity contribution is 0.637. The molecule has 0 fully saturated rings. The number of halogens is 1. The largest absolute Gasteiger partial charge is 0.365 e. The Morgan fingerprint density at radius 3 is 3.04 bits per heavy atom. The Kier molecular flexibility index (Phi) is 3.85. The van der Waals surface area contributed by atoms with Gasteiger partial charge in [0.15, 0.2) is 11.5 Å². The zero-order valence-electron chi connectivity index (χ0n) is 13.7. The fourth-order valence-corrected chi connectivity index (χ4v) is 2.79. The third kappa shape index (κ3) is 2.67. The van der Waals surface area contributed by atoms with Crippen LogP contribution < -0.4 is 11.0 Å². The molecule has 130 valence electrons. The van der Waals surface area contributed by atoms with Crippen molar-refractivity contribution < 1.29 is 4.39 Å². The van der Waals surface area contributed by atoms with Gasteiger partial charge in [-0.25, -0.2) is 14.2 Å². The molecule has 1 aromatic carbocycles. The van der Waals surface area contributed by atoms with Crippen molar-refractivity contribution in [2.75, 3.05) is 6.54 Å². The number of imidazole rings is 1. The number of nitrogens with one attached hydrogen (secondary N) is 3. The van der Waals surface area contributed by atoms with Crippen molar-refractivity contribution in [3.8, 4) is 5.69 Å². The molecule has 0 radical (unpaired) electrons. The predicted octanol–water partition coefficient (Wildman–Crippen LogP) is 2.16. The Balaban J connectivity index is 1.90. The Bertz CT molecular complexity index is 1140. The molecule has 3 aromatic rings. The van der Waals surface area contributed by atoms with Gasteiger partial charge < -0.3 is 10.3 Å². The van der Waals surface area contributed by atoms with E-state index in [9.17, 15) is 9.18 Å². The van der Waals surface area contributed by atoms with E-state index in [0.717, 1.165) is 0 Å². The molecule has 1 aliphatic heterocycles. The van der Waals surface area contributed by atoms with Crippen molar-refractivity contribution in [2.45, 2.75) is 0 Å². The molecule has 3 N–H and O–H groups in total. The minimum Gasteiger partial charge on any atom is -0.365 e. The van der Waals surface area contributed by atoms with E-state index in [1.165, 1.54) is 10.6 Å². The zero-order chi connectivity index (χ0) is 18.1. The van der Waals surface area contributed by atoms with Gasteiger partial charge in [0.1, 0.15) is 11.3 Å². The first kappa shape index (κ1) is 15.8. The molecule has 7 nitrogen and oxygen atoms in total. The molecule has 3 heterocycles. The number of fused-ring (bicyclic) bond motifs is 1. The Morgan fingerprint density at radius 1 is 1.27 bits per heavy atom. The first-order valence-corrected chi connectivity index (χ1v) is 7.93. The third-order valence-electron chi connectivity index (χ3n) is 3.93. The Morgan fingerprint density at radius 2 is 2.15 bits per heavy atom. The highest BCUT2D eigenvalue weighted by atomic mass is 19.1. The first-order chi connectivity index (χ1) is 12.6. The fraction of sp³-hybridized carbons (Fsp3) is 0.0556. The zero-order valence-corrected chi connectivity index (χ0v) is 13.7. The highest BCUT2D eigenvalue weighted by Crippen LogP contribution is 2.20. The number of allylic oxidation sites excluding steroid dienone is 3. The molecule has 0 atom stereocenters. The van der Waals surface area contributed by atoms with Crippen molar-refractivity contribution in [3.63, 3.8) is 0 Å². The van der Waals surface area contributed by atoms with E-state index in [2.05, 4.69) is 32.1 Å². The van der Waals surface area contributed by atoms with E-state index >= 15 is 0 Å². The summed E-state index contributed by atoms with van der Waals surface area (Å²) in [6, 6.07) is 4.51. The van der Waals surface area contributed by atoms with E-state index in [0.29, 0.717) is 35.0 Å². The maximum absolute atomic E-state index is 14.0. The smallest absolute Gasteiger partial charge is 0.331 e. The van der Waals surface area contributed by atoms with E-state index < -0.39 is 11.5 Å². The van der Waals surface area contributed by atoms with Gasteiger partial charge in [0.2, 0.25) is 0 Å². The number of nitrogens with zero attached hydrogens (tertiary/aromatic N) is 3. The summed E-state index contributed by atoms with van der Waals surface area (Å²) in [4.78, 5) is 19.4. The SMILES string of the molecule is C=C1/C=C\C=C/CN/C(c2n[nH]cc2-n2c(=O)[nH]c3c(F)cccc32)=N\1. The van der Waals surface area contributed by atoms with Crippen LogP contribution in [-0.2, 0) is 0 Å². The molecule has 0 unspecified atom stereocenters. The van der Waals surface area contributed by atoms with E-state index in [1.807, 2.05) is 18.2 Å². The molecule has 0 saturated carbocycles. The van der Waals surface area contributed by atoms with Crippen LogP contribution in [-0.4, -0.2) is 32.1 Å². The number of benzene rings is 1. The number of aromatic nitrogens is 4. The molecule has 8 heteroatoms. The molecule has 1 aliphatic rings. The molecule has 0 saturated heterocycles. The minimum absolute atomic E-state index is 0.143. The van der Waals surface area contributed by atoms with E-state index in [1.54, 1.807) is 24.4 Å². The summed E-state index contributed by atoms with van der Waals surface area (Å²) in [7, 11) is 0. The highest BCUT2D eigenvalue weighted by molar-refractivity contribution is 6.01. The van der Waals surface area contributed by atoms with Crippen molar-refractivity contribution in [3.05, 3.63) is 83.0 Å². The van der Waals surface area contributed by atoms with Crippen LogP contribution >= 0.6 is 0 Å². The van der Waals surface area contributed by atoms with Crippen LogP contribution in [0.3, 0.4) is 0 Å². The summed E-state index contributed by atoms with van der Waals surface area (Å²) in [6.07, 6.45) is 8.98. The van der Waals surface area contributed by atoms with Crippen molar-refractivity contribution in [2.24, 2.45) is 4.99 Å². The topological polar surface area (TPSA) is 90.9 Å². The lowest BCUT2D eigenvalue weighted by Crippen LogP contribution is -2.27. The van der Waals surface area contributed by atoms with Crippen LogP contribution in [0.2, 0.25) is 0 Å². The molecule has 2 aromatic heterocycles. The van der Waals surface area contributed by atoms with Gasteiger partial charge in [-0.1, -0.05) is 30.9 Å². The van der Waals surface area contributed by atoms with Crippen LogP contribution in [0.25, 0.3) is 16.7 Å². The third-order valence-corrected chi connectivity index (χ3v) is 3.93. The number of hydrogen-bond donors (Lipinski definition) is 3. The predicted molar refractivity (Wildman–Crippen MR) is 98.0 cm³/mol. The van der Waals surface area contributed by atoms with Crippen LogP contribution in [0.4, 0.5) is 4.39 Å². The van der Waals surface area contributed by atoms with Crippen LogP contribution in [0.1, 0.15) is 5.69 Å². The summed E-state index contributed by atoms with van der Waals surface area (Å²) in [6.45, 7) is 4.41. The van der Waals surface area contributed by atoms with Crippen LogP contribution in [0.5, 0.6) is 0 Å². The van der Waals surface area contributed by atoms with Crippen LogP contribution in [0, 0.1) is 5.82 Å². The second kappa shape index (κ2) is 6.32. The molecule has 0 amide bonds. The second-order valence-corrected chi connectivity index (χ2v) is 5.64.